The highest BCUT2D eigenvalue weighted by atomic mass is 16.5. The molecule has 0 unspecified atom stereocenters. The van der Waals surface area contributed by atoms with Crippen molar-refractivity contribution < 1.29 is 9.84 Å². The zero-order valence-corrected chi connectivity index (χ0v) is 6.55. The molecule has 0 heterocycles. The summed E-state index contributed by atoms with van der Waals surface area (Å²) in [6, 6.07) is 0. The third-order valence-corrected chi connectivity index (χ3v) is 1.11. The zero-order chi connectivity index (χ0) is 8.04. The second kappa shape index (κ2) is 4.32. The normalized spacial score (nSPS) is 11.0. The first-order chi connectivity index (χ1) is 4.62. The van der Waals surface area contributed by atoms with Gasteiger partial charge in [0.15, 0.2) is 0 Å². The lowest BCUT2D eigenvalue weighted by molar-refractivity contribution is -0.0292. The molecule has 0 aliphatic rings. The number of aliphatic hydroxyl groups excluding tert-OH is 1. The van der Waals surface area contributed by atoms with Gasteiger partial charge in [0, 0.05) is 6.42 Å². The van der Waals surface area contributed by atoms with E-state index in [2.05, 4.69) is 5.92 Å². The first-order valence-corrected chi connectivity index (χ1v) is 3.30. The summed E-state index contributed by atoms with van der Waals surface area (Å²) in [7, 11) is 0. The fourth-order valence-electron chi connectivity index (χ4n) is 0.619. The monoisotopic (exact) mass is 142 g/mol. The van der Waals surface area contributed by atoms with Gasteiger partial charge in [0.25, 0.3) is 0 Å². The molecule has 0 aromatic heterocycles. The lowest BCUT2D eigenvalue weighted by atomic mass is 10.1. The molecule has 0 radical (unpaired) electrons. The van der Waals surface area contributed by atoms with Crippen LogP contribution in [0.3, 0.4) is 0 Å². The van der Waals surface area contributed by atoms with E-state index in [1.165, 1.54) is 0 Å². The molecular weight excluding hydrogens is 128 g/mol. The second-order valence-electron chi connectivity index (χ2n) is 2.71. The Kier molecular flexibility index (Phi) is 4.10. The van der Waals surface area contributed by atoms with E-state index in [9.17, 15) is 0 Å². The predicted octanol–water partition coefficient (Wildman–Crippen LogP) is 0.797. The molecule has 10 heavy (non-hydrogen) atoms. The van der Waals surface area contributed by atoms with Crippen LogP contribution in [0.1, 0.15) is 20.3 Å². The Morgan fingerprint density at radius 2 is 2.20 bits per heavy atom. The lowest BCUT2D eigenvalue weighted by Crippen LogP contribution is -2.25. The summed E-state index contributed by atoms with van der Waals surface area (Å²) < 4.78 is 5.23. The topological polar surface area (TPSA) is 29.5 Å². The number of hydrogen-bond acceptors (Lipinski definition) is 2. The smallest absolute Gasteiger partial charge is 0.0736 e. The van der Waals surface area contributed by atoms with E-state index < -0.39 is 0 Å². The summed E-state index contributed by atoms with van der Waals surface area (Å²) in [5.41, 5.74) is -0.294. The van der Waals surface area contributed by atoms with Crippen molar-refractivity contribution in [3.8, 4) is 12.3 Å². The van der Waals surface area contributed by atoms with Crippen LogP contribution in [-0.2, 0) is 4.74 Å². The first kappa shape index (κ1) is 9.48. The van der Waals surface area contributed by atoms with E-state index >= 15 is 0 Å². The molecule has 0 fully saturated rings. The van der Waals surface area contributed by atoms with E-state index in [0.717, 1.165) is 0 Å². The summed E-state index contributed by atoms with van der Waals surface area (Å²) in [5, 5.41) is 8.42. The van der Waals surface area contributed by atoms with Crippen LogP contribution in [0.4, 0.5) is 0 Å². The van der Waals surface area contributed by atoms with Crippen molar-refractivity contribution in [1.29, 1.82) is 0 Å². The summed E-state index contributed by atoms with van der Waals surface area (Å²) in [6.45, 7) is 4.22. The molecule has 2 nitrogen and oxygen atoms in total. The van der Waals surface area contributed by atoms with Crippen molar-refractivity contribution >= 4 is 0 Å². The third-order valence-electron chi connectivity index (χ3n) is 1.11. The molecule has 0 saturated carbocycles. The largest absolute Gasteiger partial charge is 0.394 e. The van der Waals surface area contributed by atoms with Gasteiger partial charge < -0.3 is 9.84 Å². The first-order valence-electron chi connectivity index (χ1n) is 3.30. The molecule has 2 heteroatoms. The van der Waals surface area contributed by atoms with Gasteiger partial charge in [-0.15, -0.1) is 12.3 Å². The number of rotatable bonds is 4. The summed E-state index contributed by atoms with van der Waals surface area (Å²) >= 11 is 0. The minimum Gasteiger partial charge on any atom is -0.394 e. The summed E-state index contributed by atoms with van der Waals surface area (Å²) in [4.78, 5) is 0. The Morgan fingerprint density at radius 1 is 1.60 bits per heavy atom. The van der Waals surface area contributed by atoms with Crippen molar-refractivity contribution in [1.82, 2.24) is 0 Å². The van der Waals surface area contributed by atoms with Gasteiger partial charge in [0.1, 0.15) is 0 Å². The molecule has 0 spiro atoms. The molecule has 0 rings (SSSR count). The highest BCUT2D eigenvalue weighted by Gasteiger charge is 2.15. The van der Waals surface area contributed by atoms with Crippen LogP contribution in [-0.4, -0.2) is 23.9 Å². The van der Waals surface area contributed by atoms with Crippen molar-refractivity contribution in [2.75, 3.05) is 13.2 Å². The Balaban J connectivity index is 3.55. The molecule has 0 aromatic carbocycles. The maximum Gasteiger partial charge on any atom is 0.0736 e. The average Bonchev–Trinajstić information content (AvgIpc) is 1.84. The van der Waals surface area contributed by atoms with Gasteiger partial charge in [0.05, 0.1) is 18.8 Å². The van der Waals surface area contributed by atoms with E-state index in [1.807, 2.05) is 13.8 Å². The van der Waals surface area contributed by atoms with Crippen molar-refractivity contribution in [3.63, 3.8) is 0 Å². The van der Waals surface area contributed by atoms with Gasteiger partial charge in [-0.3, -0.25) is 0 Å². The van der Waals surface area contributed by atoms with Crippen molar-refractivity contribution in [2.24, 2.45) is 0 Å². The van der Waals surface area contributed by atoms with E-state index in [1.54, 1.807) is 0 Å². The van der Waals surface area contributed by atoms with Gasteiger partial charge in [-0.25, -0.2) is 0 Å². The summed E-state index contributed by atoms with van der Waals surface area (Å²) in [5.74, 6) is 2.51. The maximum atomic E-state index is 8.42. The van der Waals surface area contributed by atoms with Gasteiger partial charge in [-0.2, -0.15) is 0 Å². The highest BCUT2D eigenvalue weighted by Crippen LogP contribution is 2.12. The highest BCUT2D eigenvalue weighted by molar-refractivity contribution is 4.91. The fraction of sp³-hybridized carbons (Fsp3) is 0.750. The molecule has 0 atom stereocenters. The van der Waals surface area contributed by atoms with E-state index in [-0.39, 0.29) is 12.2 Å². The van der Waals surface area contributed by atoms with Gasteiger partial charge in [-0.05, 0) is 13.8 Å². The molecule has 58 valence electrons. The average molecular weight is 142 g/mol. The van der Waals surface area contributed by atoms with Crippen LogP contribution >= 0.6 is 0 Å². The van der Waals surface area contributed by atoms with Crippen molar-refractivity contribution in [2.45, 2.75) is 25.9 Å². The maximum absolute atomic E-state index is 8.42. The second-order valence-corrected chi connectivity index (χ2v) is 2.71. The molecule has 0 aliphatic carbocycles. The van der Waals surface area contributed by atoms with Crippen LogP contribution in [0, 0.1) is 12.3 Å². The summed E-state index contributed by atoms with van der Waals surface area (Å²) in [6.07, 6.45) is 5.67. The van der Waals surface area contributed by atoms with Crippen LogP contribution in [0.5, 0.6) is 0 Å². The minimum atomic E-state index is -0.294. The predicted molar refractivity (Wildman–Crippen MR) is 40.6 cm³/mol. The van der Waals surface area contributed by atoms with E-state index in [4.69, 9.17) is 16.3 Å². The quantitative estimate of drug-likeness (QED) is 0.588. The molecular formula is C8H14O2. The fourth-order valence-corrected chi connectivity index (χ4v) is 0.619. The molecule has 0 bridgehead atoms. The Hall–Kier alpha value is -0.520. The molecule has 0 saturated heterocycles. The lowest BCUT2D eigenvalue weighted by Gasteiger charge is -2.21. The number of terminal acetylenes is 1. The molecule has 0 aromatic rings. The minimum absolute atomic E-state index is 0.0496. The van der Waals surface area contributed by atoms with E-state index in [0.29, 0.717) is 13.0 Å². The van der Waals surface area contributed by atoms with Gasteiger partial charge in [-0.1, -0.05) is 0 Å². The van der Waals surface area contributed by atoms with Gasteiger partial charge in [0.2, 0.25) is 0 Å². The Morgan fingerprint density at radius 3 is 2.60 bits per heavy atom. The molecule has 0 aliphatic heterocycles. The standard InChI is InChI=1S/C8H14O2/c1-4-5-8(2,3)10-7-6-9/h1,9H,5-7H2,2-3H3. The van der Waals surface area contributed by atoms with Gasteiger partial charge >= 0.3 is 0 Å². The Bertz CT molecular complexity index is 122. The number of ether oxygens (including phenoxy) is 1. The van der Waals surface area contributed by atoms with Crippen LogP contribution in [0.25, 0.3) is 0 Å². The van der Waals surface area contributed by atoms with Crippen LogP contribution in [0.2, 0.25) is 0 Å². The SMILES string of the molecule is C#CCC(C)(C)OCCO. The zero-order valence-electron chi connectivity index (χ0n) is 6.55. The third kappa shape index (κ3) is 4.37. The Labute approximate surface area is 62.2 Å². The van der Waals surface area contributed by atoms with Crippen LogP contribution in [0.15, 0.2) is 0 Å². The van der Waals surface area contributed by atoms with Crippen molar-refractivity contribution in [3.05, 3.63) is 0 Å². The number of aliphatic hydroxyl groups is 1. The number of hydrogen-bond donors (Lipinski definition) is 1. The van der Waals surface area contributed by atoms with Crippen LogP contribution < -0.4 is 0 Å². The molecule has 1 N–H and O–H groups in total. The molecule has 0 amide bonds.